The average Bonchev–Trinajstić information content (AvgIpc) is 2.99. The van der Waals surface area contributed by atoms with Crippen LogP contribution in [0.25, 0.3) is 0 Å². The van der Waals surface area contributed by atoms with Gasteiger partial charge in [-0.05, 0) is 56.4 Å². The molecule has 2 unspecified atom stereocenters. The van der Waals surface area contributed by atoms with E-state index in [0.717, 1.165) is 45.8 Å². The molecule has 1 saturated heterocycles. The number of methoxy groups -OCH3 is 2. The van der Waals surface area contributed by atoms with Gasteiger partial charge in [-0.2, -0.15) is 5.26 Å². The summed E-state index contributed by atoms with van der Waals surface area (Å²) in [5, 5.41) is 9.57. The largest absolute Gasteiger partial charge is 0.466 e. The fourth-order valence-corrected chi connectivity index (χ4v) is 6.77. The third-order valence-electron chi connectivity index (χ3n) is 7.74. The van der Waals surface area contributed by atoms with Gasteiger partial charge < -0.3 is 20.1 Å². The Morgan fingerprint density at radius 3 is 2.31 bits per heavy atom. The highest BCUT2D eigenvalue weighted by molar-refractivity contribution is 7.92. The molecule has 2 heterocycles. The number of ether oxygens (including phenoxy) is 2. The van der Waals surface area contributed by atoms with Crippen molar-refractivity contribution in [3.05, 3.63) is 76.8 Å². The Bertz CT molecular complexity index is 1590. The third-order valence-corrected chi connectivity index (χ3v) is 9.94. The van der Waals surface area contributed by atoms with Crippen LogP contribution in [0, 0.1) is 17.2 Å². The number of nitrogens with two attached hydrogens (primary N) is 1. The molecule has 4 rings (SSSR count). The van der Waals surface area contributed by atoms with Crippen LogP contribution in [0.5, 0.6) is 0 Å². The van der Waals surface area contributed by atoms with Gasteiger partial charge in [0.15, 0.2) is 9.84 Å². The third kappa shape index (κ3) is 5.46. The molecule has 2 N–H and O–H groups in total. The lowest BCUT2D eigenvalue weighted by molar-refractivity contribution is -0.139. The first-order valence-corrected chi connectivity index (χ1v) is 15.3. The molecule has 10 nitrogen and oxygen atoms in total. The summed E-state index contributed by atoms with van der Waals surface area (Å²) in [6.45, 7) is 6.78. The molecule has 2 aliphatic rings. The number of esters is 2. The second-order valence-electron chi connectivity index (χ2n) is 10.8. The maximum atomic E-state index is 13.7. The van der Waals surface area contributed by atoms with E-state index in [1.54, 1.807) is 56.3 Å². The zero-order valence-electron chi connectivity index (χ0n) is 24.5. The summed E-state index contributed by atoms with van der Waals surface area (Å²) in [6, 6.07) is 15.6. The fourth-order valence-electron chi connectivity index (χ4n) is 5.56. The van der Waals surface area contributed by atoms with Crippen LogP contribution in [0.1, 0.15) is 45.1 Å². The Morgan fingerprint density at radius 1 is 1.07 bits per heavy atom. The molecule has 2 aromatic rings. The molecular weight excluding hydrogens is 556 g/mol. The minimum atomic E-state index is -3.94. The molecular formula is C31H36N4O6S. The van der Waals surface area contributed by atoms with E-state index in [9.17, 15) is 23.3 Å². The lowest BCUT2D eigenvalue weighted by Crippen LogP contribution is -2.41. The van der Waals surface area contributed by atoms with Crippen LogP contribution in [0.15, 0.2) is 76.1 Å². The summed E-state index contributed by atoms with van der Waals surface area (Å²) in [5.74, 6) is -2.66. The number of carbonyl (C=O) groups is 2. The second-order valence-corrected chi connectivity index (χ2v) is 13.2. The molecule has 0 saturated carbocycles. The van der Waals surface area contributed by atoms with Gasteiger partial charge in [-0.3, -0.25) is 4.90 Å². The van der Waals surface area contributed by atoms with E-state index in [1.807, 2.05) is 0 Å². The number of hydrogen-bond donors (Lipinski definition) is 1. The van der Waals surface area contributed by atoms with Gasteiger partial charge in [-0.25, -0.2) is 18.0 Å². The van der Waals surface area contributed by atoms with Crippen molar-refractivity contribution in [3.63, 3.8) is 0 Å². The number of benzene rings is 2. The second kappa shape index (κ2) is 12.3. The number of anilines is 2. The van der Waals surface area contributed by atoms with Crippen LogP contribution in [-0.4, -0.2) is 52.9 Å². The number of sulfone groups is 1. The Morgan fingerprint density at radius 2 is 1.74 bits per heavy atom. The summed E-state index contributed by atoms with van der Waals surface area (Å²) in [4.78, 5) is 30.2. The molecule has 0 spiro atoms. The Hall–Kier alpha value is -4.30. The zero-order valence-corrected chi connectivity index (χ0v) is 25.3. The highest BCUT2D eigenvalue weighted by atomic mass is 32.2. The predicted molar refractivity (Wildman–Crippen MR) is 159 cm³/mol. The molecule has 222 valence electrons. The lowest BCUT2D eigenvalue weighted by atomic mass is 9.81. The SMILES string of the molecule is COC(=O)C1=C(C(=O)OC)N(c2cc(N3CCCC(C)C3)ccc2S(=O)(=O)C(C)C)C(N)=C(C#N)C1c1ccccc1. The molecule has 2 aromatic carbocycles. The van der Waals surface area contributed by atoms with Gasteiger partial charge in [-0.1, -0.05) is 37.3 Å². The summed E-state index contributed by atoms with van der Waals surface area (Å²) >= 11 is 0. The highest BCUT2D eigenvalue weighted by Crippen LogP contribution is 2.46. The Labute approximate surface area is 246 Å². The first-order chi connectivity index (χ1) is 20.0. The molecule has 42 heavy (non-hydrogen) atoms. The van der Waals surface area contributed by atoms with Crippen molar-refractivity contribution in [3.8, 4) is 6.07 Å². The molecule has 0 aromatic heterocycles. The minimum absolute atomic E-state index is 0.0398. The van der Waals surface area contributed by atoms with Crippen LogP contribution >= 0.6 is 0 Å². The Kier molecular flexibility index (Phi) is 8.97. The Balaban J connectivity index is 2.12. The summed E-state index contributed by atoms with van der Waals surface area (Å²) in [5.41, 5.74) is 7.43. The van der Waals surface area contributed by atoms with E-state index in [0.29, 0.717) is 11.5 Å². The first-order valence-electron chi connectivity index (χ1n) is 13.8. The molecule has 2 aliphatic heterocycles. The van der Waals surface area contributed by atoms with Crippen molar-refractivity contribution in [1.82, 2.24) is 0 Å². The van der Waals surface area contributed by atoms with Gasteiger partial charge in [0.05, 0.1) is 53.2 Å². The monoisotopic (exact) mass is 592 g/mol. The number of piperidine rings is 1. The van der Waals surface area contributed by atoms with Crippen molar-refractivity contribution in [2.75, 3.05) is 37.1 Å². The van der Waals surface area contributed by atoms with Crippen molar-refractivity contribution in [2.45, 2.75) is 49.7 Å². The van der Waals surface area contributed by atoms with E-state index >= 15 is 0 Å². The van der Waals surface area contributed by atoms with Gasteiger partial charge in [-0.15, -0.1) is 0 Å². The maximum absolute atomic E-state index is 13.7. The summed E-state index contributed by atoms with van der Waals surface area (Å²) < 4.78 is 37.7. The van der Waals surface area contributed by atoms with Crippen molar-refractivity contribution >= 4 is 33.2 Å². The zero-order chi connectivity index (χ0) is 30.8. The van der Waals surface area contributed by atoms with E-state index in [2.05, 4.69) is 17.9 Å². The molecule has 0 bridgehead atoms. The van der Waals surface area contributed by atoms with E-state index in [1.165, 1.54) is 11.0 Å². The van der Waals surface area contributed by atoms with E-state index in [-0.39, 0.29) is 33.2 Å². The van der Waals surface area contributed by atoms with Gasteiger partial charge in [0.2, 0.25) is 0 Å². The number of nitriles is 1. The quantitative estimate of drug-likeness (QED) is 0.469. The van der Waals surface area contributed by atoms with E-state index in [4.69, 9.17) is 15.2 Å². The minimum Gasteiger partial charge on any atom is -0.466 e. The van der Waals surface area contributed by atoms with Crippen LogP contribution in [0.3, 0.4) is 0 Å². The van der Waals surface area contributed by atoms with Gasteiger partial charge in [0.25, 0.3) is 0 Å². The molecule has 2 atom stereocenters. The molecule has 1 fully saturated rings. The molecule has 0 aliphatic carbocycles. The van der Waals surface area contributed by atoms with Crippen molar-refractivity contribution in [1.29, 1.82) is 5.26 Å². The normalized spacial score (nSPS) is 19.5. The number of rotatable bonds is 7. The maximum Gasteiger partial charge on any atom is 0.355 e. The standard InChI is InChI=1S/C31H36N4O6S/c1-19(2)42(38,39)25-14-13-22(34-15-9-10-20(3)18-34)16-24(25)35-28(31(37)41-5)27(30(36)40-4)26(23(17-32)29(35)33)21-11-7-6-8-12-21/h6-8,11-14,16,19-20,26H,9-10,15,18,33H2,1-5H3. The predicted octanol–water partition coefficient (Wildman–Crippen LogP) is 4.00. The summed E-state index contributed by atoms with van der Waals surface area (Å²) in [7, 11) is -1.63. The molecule has 0 radical (unpaired) electrons. The number of nitrogens with zero attached hydrogens (tertiary/aromatic N) is 3. The molecule has 0 amide bonds. The number of allylic oxidation sites excluding steroid dienone is 1. The lowest BCUT2D eigenvalue weighted by Gasteiger charge is -2.38. The molecule has 11 heteroatoms. The topological polar surface area (TPSA) is 143 Å². The van der Waals surface area contributed by atoms with Crippen LogP contribution in [0.2, 0.25) is 0 Å². The average molecular weight is 593 g/mol. The number of hydrogen-bond acceptors (Lipinski definition) is 10. The van der Waals surface area contributed by atoms with Crippen molar-refractivity contribution < 1.29 is 27.5 Å². The van der Waals surface area contributed by atoms with Crippen LogP contribution in [-0.2, 0) is 28.9 Å². The fraction of sp³-hybridized carbons (Fsp3) is 0.387. The van der Waals surface area contributed by atoms with Gasteiger partial charge >= 0.3 is 11.9 Å². The highest BCUT2D eigenvalue weighted by Gasteiger charge is 2.44. The van der Waals surface area contributed by atoms with Gasteiger partial charge in [0, 0.05) is 18.8 Å². The van der Waals surface area contributed by atoms with Gasteiger partial charge in [0.1, 0.15) is 11.5 Å². The summed E-state index contributed by atoms with van der Waals surface area (Å²) in [6.07, 6.45) is 2.04. The smallest absolute Gasteiger partial charge is 0.355 e. The number of carbonyl (C=O) groups excluding carboxylic acids is 2. The van der Waals surface area contributed by atoms with Crippen molar-refractivity contribution in [2.24, 2.45) is 11.7 Å². The van der Waals surface area contributed by atoms with Crippen LogP contribution in [0.4, 0.5) is 11.4 Å². The first kappa shape index (κ1) is 30.7. The van der Waals surface area contributed by atoms with E-state index < -0.39 is 32.9 Å². The van der Waals surface area contributed by atoms with Crippen LogP contribution < -0.4 is 15.5 Å².